The third-order valence-electron chi connectivity index (χ3n) is 3.74. The van der Waals surface area contributed by atoms with Gasteiger partial charge in [-0.2, -0.15) is 4.31 Å². The topological polar surface area (TPSA) is 37.4 Å². The second kappa shape index (κ2) is 5.02. The first-order valence-corrected chi connectivity index (χ1v) is 8.45. The van der Waals surface area contributed by atoms with Gasteiger partial charge in [0.25, 0.3) is 0 Å². The summed E-state index contributed by atoms with van der Waals surface area (Å²) < 4.78 is 26.7. The van der Waals surface area contributed by atoms with E-state index in [-0.39, 0.29) is 5.38 Å². The molecule has 5 heteroatoms. The summed E-state index contributed by atoms with van der Waals surface area (Å²) in [5.74, 6) is 0. The average molecular weight is 310 g/mol. The lowest BCUT2D eigenvalue weighted by atomic mass is 10.0. The SMILES string of the molecule is Cc1ccc(S(=O)(=O)N2CC3=CCC(Cl)C=C3C2)cc1. The first-order chi connectivity index (χ1) is 9.46. The highest BCUT2D eigenvalue weighted by molar-refractivity contribution is 7.89. The Kier molecular flexibility index (Phi) is 3.48. The fraction of sp³-hybridized carbons (Fsp3) is 0.333. The zero-order chi connectivity index (χ0) is 14.3. The zero-order valence-corrected chi connectivity index (χ0v) is 12.8. The van der Waals surface area contributed by atoms with Crippen LogP contribution in [0.3, 0.4) is 0 Å². The molecule has 0 N–H and O–H groups in total. The van der Waals surface area contributed by atoms with Crippen LogP contribution in [-0.2, 0) is 10.0 Å². The highest BCUT2D eigenvalue weighted by Gasteiger charge is 2.33. The van der Waals surface area contributed by atoms with Crippen molar-refractivity contribution in [1.29, 1.82) is 0 Å². The highest BCUT2D eigenvalue weighted by Crippen LogP contribution is 2.32. The van der Waals surface area contributed by atoms with Crippen LogP contribution in [0.25, 0.3) is 0 Å². The lowest BCUT2D eigenvalue weighted by molar-refractivity contribution is 0.489. The standard InChI is InChI=1S/C15H16ClNO2S/c1-11-2-6-15(7-3-11)20(18,19)17-9-12-4-5-14(16)8-13(12)10-17/h2-4,6-8,14H,5,9-10H2,1H3. The van der Waals surface area contributed by atoms with Gasteiger partial charge in [0.2, 0.25) is 10.0 Å². The van der Waals surface area contributed by atoms with Crippen molar-refractivity contribution in [3.05, 3.63) is 53.1 Å². The van der Waals surface area contributed by atoms with E-state index in [4.69, 9.17) is 11.6 Å². The normalized spacial score (nSPS) is 23.2. The van der Waals surface area contributed by atoms with Crippen LogP contribution in [0.5, 0.6) is 0 Å². The fourth-order valence-corrected chi connectivity index (χ4v) is 4.20. The molecule has 0 radical (unpaired) electrons. The Labute approximate surface area is 124 Å². The molecule has 20 heavy (non-hydrogen) atoms. The summed E-state index contributed by atoms with van der Waals surface area (Å²) in [7, 11) is -3.42. The molecule has 1 saturated heterocycles. The first kappa shape index (κ1) is 13.9. The van der Waals surface area contributed by atoms with Crippen LogP contribution in [0.4, 0.5) is 0 Å². The Morgan fingerprint density at radius 3 is 2.50 bits per heavy atom. The van der Waals surface area contributed by atoms with Gasteiger partial charge >= 0.3 is 0 Å². The number of benzene rings is 1. The van der Waals surface area contributed by atoms with Crippen molar-refractivity contribution in [3.63, 3.8) is 0 Å². The van der Waals surface area contributed by atoms with Gasteiger partial charge in [0.05, 0.1) is 10.3 Å². The molecular formula is C15H16ClNO2S. The summed E-state index contributed by atoms with van der Waals surface area (Å²) in [5.41, 5.74) is 3.19. The molecule has 0 aromatic heterocycles. The van der Waals surface area contributed by atoms with Gasteiger partial charge in [0, 0.05) is 13.1 Å². The maximum atomic E-state index is 12.6. The molecule has 0 amide bonds. The third-order valence-corrected chi connectivity index (χ3v) is 5.85. The Morgan fingerprint density at radius 1 is 1.15 bits per heavy atom. The molecule has 0 saturated carbocycles. The molecule has 106 valence electrons. The van der Waals surface area contributed by atoms with Crippen LogP contribution in [0, 0.1) is 6.92 Å². The van der Waals surface area contributed by atoms with Crippen molar-refractivity contribution in [2.24, 2.45) is 0 Å². The van der Waals surface area contributed by atoms with E-state index >= 15 is 0 Å². The number of alkyl halides is 1. The van der Waals surface area contributed by atoms with Crippen LogP contribution >= 0.6 is 11.6 Å². The number of allylic oxidation sites excluding steroid dienone is 2. The van der Waals surface area contributed by atoms with Crippen LogP contribution in [0.2, 0.25) is 0 Å². The number of hydrogen-bond acceptors (Lipinski definition) is 2. The average Bonchev–Trinajstić information content (AvgIpc) is 2.83. The van der Waals surface area contributed by atoms with E-state index in [1.807, 2.05) is 25.1 Å². The Hall–Kier alpha value is -1.10. The molecule has 2 aliphatic rings. The smallest absolute Gasteiger partial charge is 0.207 e. The van der Waals surface area contributed by atoms with Crippen LogP contribution in [0.15, 0.2) is 52.5 Å². The number of nitrogens with zero attached hydrogens (tertiary/aromatic N) is 1. The lowest BCUT2D eigenvalue weighted by Crippen LogP contribution is -2.28. The van der Waals surface area contributed by atoms with E-state index in [9.17, 15) is 8.42 Å². The number of hydrogen-bond donors (Lipinski definition) is 0. The molecule has 1 fully saturated rings. The summed E-state index contributed by atoms with van der Waals surface area (Å²) in [5, 5.41) is -0.0178. The van der Waals surface area contributed by atoms with Gasteiger partial charge in [0.1, 0.15) is 0 Å². The second-order valence-corrected chi connectivity index (χ2v) is 7.76. The zero-order valence-electron chi connectivity index (χ0n) is 11.2. The third kappa shape index (κ3) is 2.43. The first-order valence-electron chi connectivity index (χ1n) is 6.58. The van der Waals surface area contributed by atoms with Crippen LogP contribution < -0.4 is 0 Å². The summed E-state index contributed by atoms with van der Waals surface area (Å²) in [4.78, 5) is 0.352. The number of sulfonamides is 1. The van der Waals surface area contributed by atoms with Crippen LogP contribution in [0.1, 0.15) is 12.0 Å². The van der Waals surface area contributed by atoms with Crippen molar-refractivity contribution < 1.29 is 8.42 Å². The van der Waals surface area contributed by atoms with Crippen molar-refractivity contribution in [2.75, 3.05) is 13.1 Å². The summed E-state index contributed by atoms with van der Waals surface area (Å²) in [6.07, 6.45) is 4.80. The van der Waals surface area contributed by atoms with Gasteiger partial charge in [0.15, 0.2) is 0 Å². The minimum absolute atomic E-state index is 0.0178. The summed E-state index contributed by atoms with van der Waals surface area (Å²) in [6.45, 7) is 2.81. The molecule has 1 heterocycles. The number of aryl methyl sites for hydroxylation is 1. The summed E-state index contributed by atoms with van der Waals surface area (Å²) in [6, 6.07) is 6.98. The Balaban J connectivity index is 1.91. The highest BCUT2D eigenvalue weighted by atomic mass is 35.5. The monoisotopic (exact) mass is 309 g/mol. The van der Waals surface area contributed by atoms with E-state index < -0.39 is 10.0 Å². The molecule has 1 aliphatic carbocycles. The molecule has 0 bridgehead atoms. The fourth-order valence-electron chi connectivity index (χ4n) is 2.56. The van der Waals surface area contributed by atoms with E-state index in [1.54, 1.807) is 12.1 Å². The maximum absolute atomic E-state index is 12.6. The summed E-state index contributed by atoms with van der Waals surface area (Å²) >= 11 is 6.09. The van der Waals surface area contributed by atoms with Gasteiger partial charge in [-0.1, -0.05) is 29.8 Å². The predicted octanol–water partition coefficient (Wildman–Crippen LogP) is 2.86. The predicted molar refractivity (Wildman–Crippen MR) is 80.4 cm³/mol. The molecule has 1 aromatic carbocycles. The van der Waals surface area contributed by atoms with Gasteiger partial charge in [-0.05, 0) is 36.6 Å². The van der Waals surface area contributed by atoms with E-state index in [2.05, 4.69) is 6.08 Å². The number of halogens is 1. The number of fused-ring (bicyclic) bond motifs is 1. The van der Waals surface area contributed by atoms with Gasteiger partial charge in [-0.3, -0.25) is 0 Å². The maximum Gasteiger partial charge on any atom is 0.243 e. The van der Waals surface area contributed by atoms with Gasteiger partial charge in [-0.25, -0.2) is 8.42 Å². The minimum Gasteiger partial charge on any atom is -0.207 e. The van der Waals surface area contributed by atoms with E-state index in [0.29, 0.717) is 18.0 Å². The second-order valence-electron chi connectivity index (χ2n) is 5.26. The van der Waals surface area contributed by atoms with Crippen molar-refractivity contribution in [2.45, 2.75) is 23.6 Å². The quantitative estimate of drug-likeness (QED) is 0.788. The van der Waals surface area contributed by atoms with Crippen molar-refractivity contribution >= 4 is 21.6 Å². The molecule has 3 nitrogen and oxygen atoms in total. The van der Waals surface area contributed by atoms with Crippen molar-refractivity contribution in [3.8, 4) is 0 Å². The van der Waals surface area contributed by atoms with E-state index in [0.717, 1.165) is 23.1 Å². The Bertz CT molecular complexity index is 689. The molecule has 1 unspecified atom stereocenters. The molecule has 1 aliphatic heterocycles. The number of rotatable bonds is 2. The minimum atomic E-state index is -3.42. The van der Waals surface area contributed by atoms with Crippen LogP contribution in [-0.4, -0.2) is 31.2 Å². The Morgan fingerprint density at radius 2 is 1.80 bits per heavy atom. The molecule has 1 atom stereocenters. The van der Waals surface area contributed by atoms with Gasteiger partial charge in [-0.15, -0.1) is 11.6 Å². The van der Waals surface area contributed by atoms with Gasteiger partial charge < -0.3 is 0 Å². The lowest BCUT2D eigenvalue weighted by Gasteiger charge is -2.15. The molecule has 0 spiro atoms. The molecule has 1 aromatic rings. The van der Waals surface area contributed by atoms with E-state index in [1.165, 1.54) is 4.31 Å². The van der Waals surface area contributed by atoms with Crippen molar-refractivity contribution in [1.82, 2.24) is 4.31 Å². The molecule has 3 rings (SSSR count). The largest absolute Gasteiger partial charge is 0.243 e. The molecular weight excluding hydrogens is 294 g/mol.